The van der Waals surface area contributed by atoms with E-state index in [1.165, 1.54) is 0 Å². The Balaban J connectivity index is 2.31. The van der Waals surface area contributed by atoms with Crippen molar-refractivity contribution in [1.82, 2.24) is 19.7 Å². The summed E-state index contributed by atoms with van der Waals surface area (Å²) in [4.78, 5) is 8.27. The summed E-state index contributed by atoms with van der Waals surface area (Å²) in [5, 5.41) is 7.47. The highest BCUT2D eigenvalue weighted by Gasteiger charge is 2.04. The van der Waals surface area contributed by atoms with E-state index < -0.39 is 0 Å². The lowest BCUT2D eigenvalue weighted by atomic mass is 10.4. The smallest absolute Gasteiger partial charge is 0.224 e. The molecule has 0 saturated carbocycles. The zero-order valence-electron chi connectivity index (χ0n) is 10.0. The van der Waals surface area contributed by atoms with Gasteiger partial charge in [-0.05, 0) is 19.4 Å². The number of nitrogens with one attached hydrogen (secondary N) is 1. The van der Waals surface area contributed by atoms with Gasteiger partial charge in [0.05, 0.1) is 5.69 Å². The van der Waals surface area contributed by atoms with Crippen LogP contribution in [-0.2, 0) is 0 Å². The number of anilines is 2. The minimum Gasteiger partial charge on any atom is -0.370 e. The molecule has 0 radical (unpaired) electrons. The predicted octanol–water partition coefficient (Wildman–Crippen LogP) is 1.37. The summed E-state index contributed by atoms with van der Waals surface area (Å²) in [5.74, 6) is 1.64. The van der Waals surface area contributed by atoms with Crippen LogP contribution in [0.15, 0.2) is 18.3 Å². The zero-order chi connectivity index (χ0) is 12.3. The van der Waals surface area contributed by atoms with Gasteiger partial charge >= 0.3 is 0 Å². The Bertz CT molecular complexity index is 504. The van der Waals surface area contributed by atoms with Crippen molar-refractivity contribution >= 4 is 11.8 Å². The molecule has 6 heteroatoms. The van der Waals surface area contributed by atoms with Gasteiger partial charge in [0.2, 0.25) is 5.95 Å². The van der Waals surface area contributed by atoms with Gasteiger partial charge in [-0.2, -0.15) is 15.1 Å². The van der Waals surface area contributed by atoms with Crippen molar-refractivity contribution in [2.75, 3.05) is 17.6 Å². The molecule has 2 aromatic heterocycles. The Morgan fingerprint density at radius 3 is 2.88 bits per heavy atom. The molecule has 90 valence electrons. The third-order valence-corrected chi connectivity index (χ3v) is 2.24. The van der Waals surface area contributed by atoms with Crippen LogP contribution < -0.4 is 11.1 Å². The molecule has 0 fully saturated rings. The van der Waals surface area contributed by atoms with E-state index in [0.29, 0.717) is 5.82 Å². The molecule has 6 nitrogen and oxygen atoms in total. The highest BCUT2D eigenvalue weighted by Crippen LogP contribution is 2.12. The van der Waals surface area contributed by atoms with Gasteiger partial charge < -0.3 is 11.1 Å². The summed E-state index contributed by atoms with van der Waals surface area (Å²) in [6.07, 6.45) is 2.88. The Kier molecular flexibility index (Phi) is 3.22. The maximum Gasteiger partial charge on any atom is 0.224 e. The second kappa shape index (κ2) is 4.82. The molecule has 0 unspecified atom stereocenters. The first-order valence-corrected chi connectivity index (χ1v) is 5.60. The monoisotopic (exact) mass is 232 g/mol. The van der Waals surface area contributed by atoms with E-state index in [4.69, 9.17) is 5.73 Å². The number of nitrogen functional groups attached to an aromatic ring is 1. The largest absolute Gasteiger partial charge is 0.370 e. The second-order valence-electron chi connectivity index (χ2n) is 3.80. The molecule has 0 aliphatic rings. The van der Waals surface area contributed by atoms with Crippen LogP contribution in [0, 0.1) is 6.92 Å². The van der Waals surface area contributed by atoms with Crippen molar-refractivity contribution < 1.29 is 0 Å². The van der Waals surface area contributed by atoms with Crippen LogP contribution in [0.5, 0.6) is 0 Å². The molecule has 0 bridgehead atoms. The predicted molar refractivity (Wildman–Crippen MR) is 67.1 cm³/mol. The molecule has 17 heavy (non-hydrogen) atoms. The van der Waals surface area contributed by atoms with E-state index in [1.807, 2.05) is 25.3 Å². The van der Waals surface area contributed by atoms with Gasteiger partial charge in [-0.15, -0.1) is 0 Å². The number of rotatable bonds is 4. The molecule has 0 spiro atoms. The molecule has 0 amide bonds. The Morgan fingerprint density at radius 2 is 2.24 bits per heavy atom. The maximum atomic E-state index is 5.67. The highest BCUT2D eigenvalue weighted by atomic mass is 15.3. The fourth-order valence-electron chi connectivity index (χ4n) is 1.46. The summed E-state index contributed by atoms with van der Waals surface area (Å²) >= 11 is 0. The van der Waals surface area contributed by atoms with Gasteiger partial charge in [0.1, 0.15) is 5.82 Å². The third kappa shape index (κ3) is 2.72. The number of hydrogen-bond acceptors (Lipinski definition) is 5. The van der Waals surface area contributed by atoms with Crippen LogP contribution in [0.25, 0.3) is 5.82 Å². The maximum absolute atomic E-state index is 5.67. The molecule has 2 rings (SSSR count). The van der Waals surface area contributed by atoms with Crippen LogP contribution in [-0.4, -0.2) is 26.3 Å². The summed E-state index contributed by atoms with van der Waals surface area (Å²) in [6, 6.07) is 3.75. The lowest BCUT2D eigenvalue weighted by Crippen LogP contribution is -2.08. The number of hydrogen-bond donors (Lipinski definition) is 2. The van der Waals surface area contributed by atoms with E-state index >= 15 is 0 Å². The Morgan fingerprint density at radius 1 is 1.41 bits per heavy atom. The topological polar surface area (TPSA) is 81.7 Å². The standard InChI is InChI=1S/C11H16N6/c1-3-5-13-9-7-10(15-11(12)14-9)17-6-4-8(2)16-17/h4,6-7H,3,5H2,1-2H3,(H3,12,13,14,15). The van der Waals surface area contributed by atoms with Crippen molar-refractivity contribution in [2.45, 2.75) is 20.3 Å². The Labute approximate surface area is 99.9 Å². The van der Waals surface area contributed by atoms with E-state index in [2.05, 4.69) is 27.3 Å². The van der Waals surface area contributed by atoms with Crippen molar-refractivity contribution in [1.29, 1.82) is 0 Å². The number of aryl methyl sites for hydroxylation is 1. The fourth-order valence-corrected chi connectivity index (χ4v) is 1.46. The average Bonchev–Trinajstić information content (AvgIpc) is 2.72. The van der Waals surface area contributed by atoms with Crippen molar-refractivity contribution in [3.8, 4) is 5.82 Å². The zero-order valence-corrected chi connectivity index (χ0v) is 10.0. The molecule has 0 aliphatic heterocycles. The average molecular weight is 232 g/mol. The molecule has 2 aromatic rings. The number of nitrogens with two attached hydrogens (primary N) is 1. The van der Waals surface area contributed by atoms with E-state index in [-0.39, 0.29) is 5.95 Å². The molecule has 2 heterocycles. The van der Waals surface area contributed by atoms with Crippen LogP contribution >= 0.6 is 0 Å². The molecule has 0 aliphatic carbocycles. The van der Waals surface area contributed by atoms with Gasteiger partial charge in [-0.1, -0.05) is 6.92 Å². The summed E-state index contributed by atoms with van der Waals surface area (Å²) in [7, 11) is 0. The van der Waals surface area contributed by atoms with Gasteiger partial charge in [0, 0.05) is 18.8 Å². The normalized spacial score (nSPS) is 10.5. The SMILES string of the molecule is CCCNc1cc(-n2ccc(C)n2)nc(N)n1. The lowest BCUT2D eigenvalue weighted by molar-refractivity contribution is 0.828. The van der Waals surface area contributed by atoms with E-state index in [0.717, 1.165) is 24.5 Å². The van der Waals surface area contributed by atoms with Gasteiger partial charge in [-0.3, -0.25) is 0 Å². The minimum atomic E-state index is 0.245. The van der Waals surface area contributed by atoms with Crippen molar-refractivity contribution in [3.63, 3.8) is 0 Å². The fraction of sp³-hybridized carbons (Fsp3) is 0.364. The third-order valence-electron chi connectivity index (χ3n) is 2.24. The molecule has 0 aromatic carbocycles. The second-order valence-corrected chi connectivity index (χ2v) is 3.80. The minimum absolute atomic E-state index is 0.245. The first-order valence-electron chi connectivity index (χ1n) is 5.60. The molecule has 0 saturated heterocycles. The van der Waals surface area contributed by atoms with Gasteiger partial charge in [0.25, 0.3) is 0 Å². The lowest BCUT2D eigenvalue weighted by Gasteiger charge is -2.07. The molecular weight excluding hydrogens is 216 g/mol. The van der Waals surface area contributed by atoms with Crippen molar-refractivity contribution in [2.24, 2.45) is 0 Å². The number of nitrogens with zero attached hydrogens (tertiary/aromatic N) is 4. The molecule has 0 atom stereocenters. The first kappa shape index (κ1) is 11.4. The summed E-state index contributed by atoms with van der Waals surface area (Å²) < 4.78 is 1.69. The quantitative estimate of drug-likeness (QED) is 0.832. The molecular formula is C11H16N6. The summed E-state index contributed by atoms with van der Waals surface area (Å²) in [5.41, 5.74) is 6.61. The van der Waals surface area contributed by atoms with Crippen LogP contribution in [0.1, 0.15) is 19.0 Å². The highest BCUT2D eigenvalue weighted by molar-refractivity contribution is 5.45. The van der Waals surface area contributed by atoms with E-state index in [1.54, 1.807) is 4.68 Å². The van der Waals surface area contributed by atoms with Crippen LogP contribution in [0.2, 0.25) is 0 Å². The van der Waals surface area contributed by atoms with Crippen LogP contribution in [0.3, 0.4) is 0 Å². The van der Waals surface area contributed by atoms with Crippen LogP contribution in [0.4, 0.5) is 11.8 Å². The molecule has 3 N–H and O–H groups in total. The Hall–Kier alpha value is -2.11. The van der Waals surface area contributed by atoms with Gasteiger partial charge in [0.15, 0.2) is 5.82 Å². The van der Waals surface area contributed by atoms with Gasteiger partial charge in [-0.25, -0.2) is 4.68 Å². The number of aromatic nitrogens is 4. The van der Waals surface area contributed by atoms with Crippen molar-refractivity contribution in [3.05, 3.63) is 24.0 Å². The summed E-state index contributed by atoms with van der Waals surface area (Å²) in [6.45, 7) is 4.88. The van der Waals surface area contributed by atoms with E-state index in [9.17, 15) is 0 Å². The first-order chi connectivity index (χ1) is 8.19.